The first-order valence-electron chi connectivity index (χ1n) is 9.75. The second-order valence-corrected chi connectivity index (χ2v) is 7.21. The third-order valence-electron chi connectivity index (χ3n) is 4.59. The summed E-state index contributed by atoms with van der Waals surface area (Å²) in [5, 5.41) is 3.99. The Morgan fingerprint density at radius 2 is 1.80 bits per heavy atom. The van der Waals surface area contributed by atoms with Gasteiger partial charge in [0.25, 0.3) is 5.91 Å². The van der Waals surface area contributed by atoms with Crippen LogP contribution in [0.25, 0.3) is 0 Å². The fraction of sp³-hybridized carbons (Fsp3) is 0.318. The summed E-state index contributed by atoms with van der Waals surface area (Å²) in [6.45, 7) is 3.97. The van der Waals surface area contributed by atoms with E-state index in [-0.39, 0.29) is 18.1 Å². The van der Waals surface area contributed by atoms with Gasteiger partial charge in [-0.15, -0.1) is 0 Å². The summed E-state index contributed by atoms with van der Waals surface area (Å²) < 4.78 is 10.3. The van der Waals surface area contributed by atoms with E-state index in [2.05, 4.69) is 26.1 Å². The molecule has 0 aliphatic carbocycles. The number of hydrogen-bond donors (Lipinski definition) is 3. The van der Waals surface area contributed by atoms with Crippen molar-refractivity contribution in [3.05, 3.63) is 65.2 Å². The Bertz CT molecular complexity index is 894. The molecule has 2 aromatic rings. The summed E-state index contributed by atoms with van der Waals surface area (Å²) in [6, 6.07) is 14.2. The number of hydrogen-bond acceptors (Lipinski definition) is 7. The number of carbonyl (C=O) groups excluding carboxylic acids is 2. The van der Waals surface area contributed by atoms with Crippen molar-refractivity contribution in [2.75, 3.05) is 7.11 Å². The summed E-state index contributed by atoms with van der Waals surface area (Å²) in [5.41, 5.74) is 11.0. The number of carbonyl (C=O) groups is 2. The number of ether oxygens (including phenoxy) is 2. The lowest BCUT2D eigenvalue weighted by molar-refractivity contribution is -0.122. The average molecular weight is 410 g/mol. The van der Waals surface area contributed by atoms with Gasteiger partial charge in [0.2, 0.25) is 0 Å². The van der Waals surface area contributed by atoms with Crippen LogP contribution in [0.5, 0.6) is 5.75 Å². The van der Waals surface area contributed by atoms with E-state index in [4.69, 9.17) is 4.74 Å². The molecule has 2 unspecified atom stereocenters. The number of esters is 1. The molecule has 0 spiro atoms. The zero-order valence-electron chi connectivity index (χ0n) is 17.2. The molecule has 0 saturated carbocycles. The third kappa shape index (κ3) is 5.65. The first-order chi connectivity index (χ1) is 14.5. The number of nitrogens with zero attached hydrogens (tertiary/aromatic N) is 1. The fourth-order valence-corrected chi connectivity index (χ4v) is 3.07. The zero-order chi connectivity index (χ0) is 21.5. The van der Waals surface area contributed by atoms with Crippen LogP contribution in [0.3, 0.4) is 0 Å². The van der Waals surface area contributed by atoms with Crippen LogP contribution in [0.2, 0.25) is 0 Å². The first kappa shape index (κ1) is 21.5. The number of methoxy groups -OCH3 is 1. The van der Waals surface area contributed by atoms with Crippen LogP contribution < -0.4 is 21.0 Å². The number of amides is 1. The highest BCUT2D eigenvalue weighted by molar-refractivity contribution is 5.91. The van der Waals surface area contributed by atoms with Crippen molar-refractivity contribution in [3.8, 4) is 5.75 Å². The fourth-order valence-electron chi connectivity index (χ4n) is 3.07. The van der Waals surface area contributed by atoms with E-state index >= 15 is 0 Å². The van der Waals surface area contributed by atoms with Crippen molar-refractivity contribution in [1.82, 2.24) is 16.3 Å². The van der Waals surface area contributed by atoms with Gasteiger partial charge in [-0.2, -0.15) is 5.10 Å². The molecule has 0 bridgehead atoms. The first-order valence-corrected chi connectivity index (χ1v) is 9.75. The Balaban J connectivity index is 1.49. The summed E-state index contributed by atoms with van der Waals surface area (Å²) in [5.74, 6) is 0.193. The van der Waals surface area contributed by atoms with E-state index < -0.39 is 12.0 Å². The van der Waals surface area contributed by atoms with Gasteiger partial charge in [0.05, 0.1) is 25.0 Å². The summed E-state index contributed by atoms with van der Waals surface area (Å²) >= 11 is 0. The SMILES string of the molecule is COC(=O)c1ccc(/C=N\NC(=O)C2CC(c3ccc(OC(C)C)cc3)NN2)cc1. The highest BCUT2D eigenvalue weighted by atomic mass is 16.5. The maximum absolute atomic E-state index is 12.4. The van der Waals surface area contributed by atoms with Gasteiger partial charge in [0, 0.05) is 6.04 Å². The van der Waals surface area contributed by atoms with Crippen LogP contribution >= 0.6 is 0 Å². The largest absolute Gasteiger partial charge is 0.491 e. The lowest BCUT2D eigenvalue weighted by atomic mass is 10.0. The minimum Gasteiger partial charge on any atom is -0.491 e. The van der Waals surface area contributed by atoms with Crippen LogP contribution in [-0.4, -0.2) is 37.3 Å². The molecule has 2 atom stereocenters. The zero-order valence-corrected chi connectivity index (χ0v) is 17.2. The van der Waals surface area contributed by atoms with Crippen LogP contribution in [0.15, 0.2) is 53.6 Å². The number of rotatable bonds is 7. The molecule has 2 aromatic carbocycles. The topological polar surface area (TPSA) is 101 Å². The monoisotopic (exact) mass is 410 g/mol. The summed E-state index contributed by atoms with van der Waals surface area (Å²) in [7, 11) is 1.33. The van der Waals surface area contributed by atoms with Crippen molar-refractivity contribution in [3.63, 3.8) is 0 Å². The maximum atomic E-state index is 12.4. The molecule has 3 rings (SSSR count). The molecule has 1 aliphatic heterocycles. The smallest absolute Gasteiger partial charge is 0.337 e. The van der Waals surface area contributed by atoms with Gasteiger partial charge in [-0.3, -0.25) is 4.79 Å². The number of benzene rings is 2. The van der Waals surface area contributed by atoms with Crippen LogP contribution in [0.4, 0.5) is 0 Å². The molecule has 0 radical (unpaired) electrons. The Hall–Kier alpha value is -3.23. The molecule has 1 heterocycles. The van der Waals surface area contributed by atoms with E-state index in [0.717, 1.165) is 16.9 Å². The molecule has 8 nitrogen and oxygen atoms in total. The van der Waals surface area contributed by atoms with Crippen LogP contribution in [-0.2, 0) is 9.53 Å². The Labute approximate surface area is 175 Å². The van der Waals surface area contributed by atoms with Crippen molar-refractivity contribution in [1.29, 1.82) is 0 Å². The van der Waals surface area contributed by atoms with Crippen molar-refractivity contribution in [2.24, 2.45) is 5.10 Å². The van der Waals surface area contributed by atoms with E-state index in [1.807, 2.05) is 38.1 Å². The predicted molar refractivity (Wildman–Crippen MR) is 113 cm³/mol. The van der Waals surface area contributed by atoms with Gasteiger partial charge in [-0.25, -0.2) is 21.1 Å². The maximum Gasteiger partial charge on any atom is 0.337 e. The molecule has 8 heteroatoms. The van der Waals surface area contributed by atoms with Gasteiger partial charge in [0.1, 0.15) is 11.8 Å². The molecule has 1 amide bonds. The van der Waals surface area contributed by atoms with Gasteiger partial charge < -0.3 is 9.47 Å². The van der Waals surface area contributed by atoms with Crippen LogP contribution in [0.1, 0.15) is 47.8 Å². The molecule has 158 valence electrons. The lowest BCUT2D eigenvalue weighted by Crippen LogP contribution is -2.41. The average Bonchev–Trinajstić information content (AvgIpc) is 3.24. The van der Waals surface area contributed by atoms with Crippen LogP contribution in [0, 0.1) is 0 Å². The number of nitrogens with one attached hydrogen (secondary N) is 3. The van der Waals surface area contributed by atoms with Gasteiger partial charge in [-0.05, 0) is 55.7 Å². The highest BCUT2D eigenvalue weighted by Crippen LogP contribution is 2.24. The molecule has 30 heavy (non-hydrogen) atoms. The molecule has 1 fully saturated rings. The molecule has 0 aromatic heterocycles. The van der Waals surface area contributed by atoms with E-state index in [1.54, 1.807) is 24.3 Å². The second kappa shape index (κ2) is 10.00. The minimum atomic E-state index is -0.402. The quantitative estimate of drug-likeness (QED) is 0.368. The number of hydrazine groups is 1. The third-order valence-corrected chi connectivity index (χ3v) is 4.59. The Morgan fingerprint density at radius 1 is 1.10 bits per heavy atom. The molecular weight excluding hydrogens is 384 g/mol. The molecule has 1 saturated heterocycles. The lowest BCUT2D eigenvalue weighted by Gasteiger charge is -2.13. The second-order valence-electron chi connectivity index (χ2n) is 7.21. The highest BCUT2D eigenvalue weighted by Gasteiger charge is 2.30. The molecular formula is C22H26N4O4. The molecule has 1 aliphatic rings. The van der Waals surface area contributed by atoms with Gasteiger partial charge in [0.15, 0.2) is 0 Å². The Morgan fingerprint density at radius 3 is 2.43 bits per heavy atom. The number of hydrazone groups is 1. The van der Waals surface area contributed by atoms with Crippen molar-refractivity contribution < 1.29 is 19.1 Å². The van der Waals surface area contributed by atoms with E-state index in [1.165, 1.54) is 13.3 Å². The van der Waals surface area contributed by atoms with Crippen molar-refractivity contribution in [2.45, 2.75) is 38.5 Å². The normalized spacial score (nSPS) is 18.5. The summed E-state index contributed by atoms with van der Waals surface area (Å²) in [6.07, 6.45) is 2.24. The van der Waals surface area contributed by atoms with Gasteiger partial charge in [-0.1, -0.05) is 24.3 Å². The van der Waals surface area contributed by atoms with Crippen molar-refractivity contribution >= 4 is 18.1 Å². The van der Waals surface area contributed by atoms with E-state index in [0.29, 0.717) is 12.0 Å². The predicted octanol–water partition coefficient (Wildman–Crippen LogP) is 2.32. The summed E-state index contributed by atoms with van der Waals surface area (Å²) in [4.78, 5) is 23.8. The standard InChI is InChI=1S/C22H26N4O4/c1-14(2)30-18-10-8-16(9-11-18)19-12-20(25-24-19)21(27)26-23-13-15-4-6-17(7-5-15)22(28)29-3/h4-11,13-14,19-20,24-25H,12H2,1-3H3,(H,26,27)/b23-13-. The van der Waals surface area contributed by atoms with E-state index in [9.17, 15) is 9.59 Å². The minimum absolute atomic E-state index is 0.0173. The Kier molecular flexibility index (Phi) is 7.16. The van der Waals surface area contributed by atoms with Gasteiger partial charge >= 0.3 is 5.97 Å². The molecule has 3 N–H and O–H groups in total.